The van der Waals surface area contributed by atoms with Crippen molar-refractivity contribution in [3.63, 3.8) is 0 Å². The monoisotopic (exact) mass is 480 g/mol. The molecule has 1 N–H and O–H groups in total. The molecular formula is C25H25ClN4O2S. The van der Waals surface area contributed by atoms with Crippen molar-refractivity contribution in [2.45, 2.75) is 49.6 Å². The third-order valence-electron chi connectivity index (χ3n) is 5.84. The van der Waals surface area contributed by atoms with Gasteiger partial charge in [-0.25, -0.2) is 4.68 Å². The van der Waals surface area contributed by atoms with E-state index in [1.807, 2.05) is 53.2 Å². The Bertz CT molecular complexity index is 1220. The van der Waals surface area contributed by atoms with E-state index in [-0.39, 0.29) is 11.8 Å². The van der Waals surface area contributed by atoms with Gasteiger partial charge in [-0.1, -0.05) is 66.7 Å². The molecule has 5 rings (SSSR count). The van der Waals surface area contributed by atoms with Gasteiger partial charge in [-0.2, -0.15) is 4.98 Å². The fraction of sp³-hybridized carbons (Fsp3) is 0.320. The van der Waals surface area contributed by atoms with E-state index in [9.17, 15) is 4.79 Å². The SMILES string of the molecule is CCCOc1ccccc1C1C2=C(CCCC2=O)Nc2nc(SCc3ccccc3Cl)nn21. The molecule has 0 saturated carbocycles. The summed E-state index contributed by atoms with van der Waals surface area (Å²) in [7, 11) is 0. The Balaban J connectivity index is 1.53. The Kier molecular flexibility index (Phi) is 6.42. The van der Waals surface area contributed by atoms with Crippen molar-refractivity contribution < 1.29 is 9.53 Å². The number of benzene rings is 2. The fourth-order valence-electron chi connectivity index (χ4n) is 4.29. The molecule has 1 atom stereocenters. The Morgan fingerprint density at radius 2 is 2.00 bits per heavy atom. The van der Waals surface area contributed by atoms with E-state index in [1.165, 1.54) is 11.8 Å². The van der Waals surface area contributed by atoms with Gasteiger partial charge in [0.05, 0.1) is 6.61 Å². The van der Waals surface area contributed by atoms with Gasteiger partial charge in [0.2, 0.25) is 11.1 Å². The predicted molar refractivity (Wildman–Crippen MR) is 131 cm³/mol. The molecule has 170 valence electrons. The van der Waals surface area contributed by atoms with E-state index >= 15 is 0 Å². The van der Waals surface area contributed by atoms with E-state index in [2.05, 4.69) is 12.2 Å². The third kappa shape index (κ3) is 4.39. The number of fused-ring (bicyclic) bond motifs is 1. The normalized spacial score (nSPS) is 17.4. The highest BCUT2D eigenvalue weighted by atomic mass is 35.5. The lowest BCUT2D eigenvalue weighted by Crippen LogP contribution is -2.31. The number of thioether (sulfide) groups is 1. The van der Waals surface area contributed by atoms with Crippen molar-refractivity contribution in [1.82, 2.24) is 14.8 Å². The first-order valence-corrected chi connectivity index (χ1v) is 12.6. The zero-order valence-electron chi connectivity index (χ0n) is 18.4. The summed E-state index contributed by atoms with van der Waals surface area (Å²) < 4.78 is 7.90. The van der Waals surface area contributed by atoms with Gasteiger partial charge in [-0.15, -0.1) is 5.10 Å². The zero-order valence-corrected chi connectivity index (χ0v) is 20.0. The predicted octanol–water partition coefficient (Wildman–Crippen LogP) is 6.03. The topological polar surface area (TPSA) is 69.0 Å². The van der Waals surface area contributed by atoms with Gasteiger partial charge >= 0.3 is 0 Å². The molecule has 1 aliphatic heterocycles. The second-order valence-corrected chi connectivity index (χ2v) is 9.48. The van der Waals surface area contributed by atoms with Crippen molar-refractivity contribution in [3.8, 4) is 5.75 Å². The van der Waals surface area contributed by atoms with Gasteiger partial charge in [-0.05, 0) is 37.0 Å². The summed E-state index contributed by atoms with van der Waals surface area (Å²) in [5.41, 5.74) is 3.69. The zero-order chi connectivity index (χ0) is 22.8. The van der Waals surface area contributed by atoms with Gasteiger partial charge in [-0.3, -0.25) is 4.79 Å². The number of Topliss-reactive ketones (excluding diaryl/α,β-unsaturated/α-hetero) is 1. The van der Waals surface area contributed by atoms with Crippen LogP contribution in [0.1, 0.15) is 49.8 Å². The molecule has 6 nitrogen and oxygen atoms in total. The molecule has 0 fully saturated rings. The molecule has 3 aromatic rings. The smallest absolute Gasteiger partial charge is 0.227 e. The van der Waals surface area contributed by atoms with Crippen molar-refractivity contribution >= 4 is 35.1 Å². The summed E-state index contributed by atoms with van der Waals surface area (Å²) in [6, 6.07) is 15.4. The number of anilines is 1. The average molecular weight is 481 g/mol. The molecular weight excluding hydrogens is 456 g/mol. The van der Waals surface area contributed by atoms with Crippen LogP contribution in [0.25, 0.3) is 0 Å². The lowest BCUT2D eigenvalue weighted by atomic mass is 9.85. The minimum Gasteiger partial charge on any atom is -0.493 e. The number of halogens is 1. The van der Waals surface area contributed by atoms with Crippen molar-refractivity contribution in [1.29, 1.82) is 0 Å². The Morgan fingerprint density at radius 3 is 2.85 bits per heavy atom. The van der Waals surface area contributed by atoms with Crippen LogP contribution in [0.3, 0.4) is 0 Å². The van der Waals surface area contributed by atoms with Crippen LogP contribution < -0.4 is 10.1 Å². The lowest BCUT2D eigenvalue weighted by molar-refractivity contribution is -0.116. The highest BCUT2D eigenvalue weighted by Gasteiger charge is 2.38. The van der Waals surface area contributed by atoms with Gasteiger partial charge in [0.15, 0.2) is 5.78 Å². The van der Waals surface area contributed by atoms with E-state index in [0.717, 1.165) is 52.4 Å². The Morgan fingerprint density at radius 1 is 1.18 bits per heavy atom. The van der Waals surface area contributed by atoms with Crippen LogP contribution >= 0.6 is 23.4 Å². The van der Waals surface area contributed by atoms with Crippen LogP contribution in [-0.4, -0.2) is 27.2 Å². The number of hydrogen-bond donors (Lipinski definition) is 1. The number of carbonyl (C=O) groups is 1. The van der Waals surface area contributed by atoms with E-state index in [4.69, 9.17) is 26.4 Å². The number of hydrogen-bond acceptors (Lipinski definition) is 6. The van der Waals surface area contributed by atoms with Gasteiger partial charge in [0.25, 0.3) is 0 Å². The molecule has 0 spiro atoms. The summed E-state index contributed by atoms with van der Waals surface area (Å²) in [5, 5.41) is 9.58. The fourth-order valence-corrected chi connectivity index (χ4v) is 5.41. The van der Waals surface area contributed by atoms with Crippen LogP contribution in [0, 0.1) is 0 Å². The molecule has 2 heterocycles. The van der Waals surface area contributed by atoms with E-state index in [0.29, 0.717) is 29.9 Å². The molecule has 2 aliphatic rings. The molecule has 1 aromatic heterocycles. The second-order valence-electron chi connectivity index (χ2n) is 8.13. The maximum Gasteiger partial charge on any atom is 0.227 e. The molecule has 1 aliphatic carbocycles. The van der Waals surface area contributed by atoms with Crippen LogP contribution in [-0.2, 0) is 10.5 Å². The molecule has 0 saturated heterocycles. The number of para-hydroxylation sites is 1. The maximum absolute atomic E-state index is 13.1. The number of nitrogens with zero attached hydrogens (tertiary/aromatic N) is 3. The van der Waals surface area contributed by atoms with E-state index < -0.39 is 0 Å². The quantitative estimate of drug-likeness (QED) is 0.416. The molecule has 33 heavy (non-hydrogen) atoms. The van der Waals surface area contributed by atoms with E-state index in [1.54, 1.807) is 0 Å². The summed E-state index contributed by atoms with van der Waals surface area (Å²) in [4.78, 5) is 17.8. The van der Waals surface area contributed by atoms with Crippen LogP contribution in [0.4, 0.5) is 5.95 Å². The minimum atomic E-state index is -0.362. The average Bonchev–Trinajstić information content (AvgIpc) is 3.24. The number of ether oxygens (including phenoxy) is 1. The first-order valence-electron chi connectivity index (χ1n) is 11.2. The third-order valence-corrected chi connectivity index (χ3v) is 7.09. The summed E-state index contributed by atoms with van der Waals surface area (Å²) in [5.74, 6) is 2.25. The maximum atomic E-state index is 13.1. The minimum absolute atomic E-state index is 0.158. The number of nitrogens with one attached hydrogen (secondary N) is 1. The number of aromatic nitrogens is 3. The Labute approximate surface area is 202 Å². The summed E-state index contributed by atoms with van der Waals surface area (Å²) in [6.07, 6.45) is 3.12. The number of ketones is 1. The van der Waals surface area contributed by atoms with Crippen molar-refractivity contribution in [2.75, 3.05) is 11.9 Å². The standard InChI is InChI=1S/C25H25ClN4O2S/c1-2-14-32-21-13-6-4-9-17(21)23-22-19(11-7-12-20(22)31)27-24-28-25(29-30(23)24)33-15-16-8-3-5-10-18(16)26/h3-6,8-10,13,23H,2,7,11-12,14-15H2,1H3,(H,27,28,29). The molecule has 0 amide bonds. The highest BCUT2D eigenvalue weighted by Crippen LogP contribution is 2.43. The molecule has 0 radical (unpaired) electrons. The largest absolute Gasteiger partial charge is 0.493 e. The molecule has 8 heteroatoms. The molecule has 1 unspecified atom stereocenters. The van der Waals surface area contributed by atoms with Crippen molar-refractivity contribution in [3.05, 3.63) is 76.0 Å². The number of rotatable bonds is 7. The summed E-state index contributed by atoms with van der Waals surface area (Å²) in [6.45, 7) is 2.70. The van der Waals surface area contributed by atoms with Gasteiger partial charge < -0.3 is 10.1 Å². The number of allylic oxidation sites excluding steroid dienone is 2. The van der Waals surface area contributed by atoms with Gasteiger partial charge in [0, 0.05) is 34.0 Å². The summed E-state index contributed by atoms with van der Waals surface area (Å²) >= 11 is 7.85. The Hall–Kier alpha value is -2.77. The van der Waals surface area contributed by atoms with Crippen LogP contribution in [0.5, 0.6) is 5.75 Å². The second kappa shape index (κ2) is 9.61. The lowest BCUT2D eigenvalue weighted by Gasteiger charge is -2.32. The van der Waals surface area contributed by atoms with Crippen molar-refractivity contribution in [2.24, 2.45) is 0 Å². The highest BCUT2D eigenvalue weighted by molar-refractivity contribution is 7.98. The van der Waals surface area contributed by atoms with Crippen LogP contribution in [0.15, 0.2) is 65.0 Å². The molecule has 2 aromatic carbocycles. The molecule has 0 bridgehead atoms. The van der Waals surface area contributed by atoms with Gasteiger partial charge in [0.1, 0.15) is 11.8 Å². The van der Waals surface area contributed by atoms with Crippen LogP contribution in [0.2, 0.25) is 5.02 Å². The number of carbonyl (C=O) groups excluding carboxylic acids is 1. The first kappa shape index (κ1) is 22.0. The first-order chi connectivity index (χ1) is 16.2.